The molecule has 0 aromatic rings. The second-order valence-electron chi connectivity index (χ2n) is 6.67. The molecule has 2 heterocycles. The highest BCUT2D eigenvalue weighted by Gasteiger charge is 2.44. The van der Waals surface area contributed by atoms with Gasteiger partial charge in [0.1, 0.15) is 0 Å². The van der Waals surface area contributed by atoms with E-state index in [2.05, 4.69) is 10.2 Å². The number of hydrogen-bond acceptors (Lipinski definition) is 2. The number of nitrogens with one attached hydrogen (secondary N) is 1. The maximum atomic E-state index is 3.61. The lowest BCUT2D eigenvalue weighted by atomic mass is 9.72. The lowest BCUT2D eigenvalue weighted by molar-refractivity contribution is -0.0422. The van der Waals surface area contributed by atoms with Crippen molar-refractivity contribution < 1.29 is 0 Å². The number of likely N-dealkylation sites (tertiary alicyclic amines) is 1. The van der Waals surface area contributed by atoms with E-state index in [0.717, 1.165) is 11.5 Å². The minimum Gasteiger partial charge on any atom is -0.315 e. The van der Waals surface area contributed by atoms with Gasteiger partial charge in [-0.25, -0.2) is 0 Å². The third-order valence-corrected chi connectivity index (χ3v) is 5.28. The van der Waals surface area contributed by atoms with Crippen LogP contribution in [0, 0.1) is 5.41 Å². The van der Waals surface area contributed by atoms with Gasteiger partial charge in [0.15, 0.2) is 0 Å². The van der Waals surface area contributed by atoms with E-state index in [1.807, 2.05) is 0 Å². The van der Waals surface area contributed by atoms with Crippen LogP contribution in [0.3, 0.4) is 0 Å². The molecule has 0 amide bonds. The fourth-order valence-corrected chi connectivity index (χ4v) is 4.18. The van der Waals surface area contributed by atoms with E-state index in [-0.39, 0.29) is 0 Å². The first-order valence-corrected chi connectivity index (χ1v) is 7.83. The monoisotopic (exact) mass is 236 g/mol. The first kappa shape index (κ1) is 12.0. The fourth-order valence-electron chi connectivity index (χ4n) is 4.18. The van der Waals surface area contributed by atoms with E-state index in [1.165, 1.54) is 84.0 Å². The van der Waals surface area contributed by atoms with E-state index in [9.17, 15) is 0 Å². The molecule has 2 heteroatoms. The van der Waals surface area contributed by atoms with Crippen LogP contribution in [-0.2, 0) is 0 Å². The summed E-state index contributed by atoms with van der Waals surface area (Å²) in [5.41, 5.74) is 0.753. The van der Waals surface area contributed by atoms with E-state index in [1.54, 1.807) is 0 Å². The average molecular weight is 236 g/mol. The van der Waals surface area contributed by atoms with E-state index in [0.29, 0.717) is 0 Å². The summed E-state index contributed by atoms with van der Waals surface area (Å²) in [4.78, 5) is 2.78. The molecule has 98 valence electrons. The van der Waals surface area contributed by atoms with Crippen LogP contribution < -0.4 is 5.32 Å². The summed E-state index contributed by atoms with van der Waals surface area (Å²) in [5, 5.41) is 3.61. The molecule has 0 radical (unpaired) electrons. The van der Waals surface area contributed by atoms with Crippen LogP contribution in [0.15, 0.2) is 0 Å². The summed E-state index contributed by atoms with van der Waals surface area (Å²) in [6.45, 7) is 5.32. The smallest absolute Gasteiger partial charge is 0.0221 e. The van der Waals surface area contributed by atoms with Gasteiger partial charge in [-0.2, -0.15) is 0 Å². The third-order valence-electron chi connectivity index (χ3n) is 5.28. The van der Waals surface area contributed by atoms with E-state index < -0.39 is 0 Å². The van der Waals surface area contributed by atoms with Crippen molar-refractivity contribution in [3.63, 3.8) is 0 Å². The van der Waals surface area contributed by atoms with Crippen molar-refractivity contribution in [3.05, 3.63) is 0 Å². The van der Waals surface area contributed by atoms with Gasteiger partial charge in [0, 0.05) is 25.7 Å². The molecule has 1 atom stereocenters. The van der Waals surface area contributed by atoms with Gasteiger partial charge in [-0.3, -0.25) is 4.90 Å². The zero-order chi connectivity index (χ0) is 11.6. The molecule has 1 N–H and O–H groups in total. The molecule has 3 aliphatic rings. The van der Waals surface area contributed by atoms with E-state index in [4.69, 9.17) is 0 Å². The first-order chi connectivity index (χ1) is 8.38. The summed E-state index contributed by atoms with van der Waals surface area (Å²) in [5.74, 6) is 0. The van der Waals surface area contributed by atoms with Gasteiger partial charge in [-0.05, 0) is 37.6 Å². The van der Waals surface area contributed by atoms with Gasteiger partial charge in [0.25, 0.3) is 0 Å². The molecular weight excluding hydrogens is 208 g/mol. The zero-order valence-corrected chi connectivity index (χ0v) is 11.2. The molecule has 1 spiro atoms. The number of rotatable bonds is 1. The highest BCUT2D eigenvalue weighted by molar-refractivity contribution is 4.98. The van der Waals surface area contributed by atoms with Crippen LogP contribution >= 0.6 is 0 Å². The quantitative estimate of drug-likeness (QED) is 0.753. The third kappa shape index (κ3) is 2.68. The zero-order valence-electron chi connectivity index (χ0n) is 11.2. The Balaban J connectivity index is 1.51. The maximum Gasteiger partial charge on any atom is 0.0221 e. The van der Waals surface area contributed by atoms with Gasteiger partial charge in [0.05, 0.1) is 0 Å². The largest absolute Gasteiger partial charge is 0.315 e. The lowest BCUT2D eigenvalue weighted by Crippen LogP contribution is -2.61. The van der Waals surface area contributed by atoms with Crippen LogP contribution in [0.5, 0.6) is 0 Å². The molecule has 0 aromatic heterocycles. The van der Waals surface area contributed by atoms with Crippen molar-refractivity contribution in [1.29, 1.82) is 0 Å². The minimum absolute atomic E-state index is 0.753. The highest BCUT2D eigenvalue weighted by Crippen LogP contribution is 2.43. The summed E-state index contributed by atoms with van der Waals surface area (Å²) < 4.78 is 0. The van der Waals surface area contributed by atoms with Crippen LogP contribution in [0.2, 0.25) is 0 Å². The van der Waals surface area contributed by atoms with Crippen LogP contribution in [0.4, 0.5) is 0 Å². The predicted molar refractivity (Wildman–Crippen MR) is 72.2 cm³/mol. The molecule has 0 aromatic carbocycles. The van der Waals surface area contributed by atoms with Crippen molar-refractivity contribution in [3.8, 4) is 0 Å². The summed E-state index contributed by atoms with van der Waals surface area (Å²) in [6.07, 6.45) is 13.3. The lowest BCUT2D eigenvalue weighted by Gasteiger charge is -2.53. The Labute approximate surface area is 106 Å². The molecule has 1 unspecified atom stereocenters. The summed E-state index contributed by atoms with van der Waals surface area (Å²) in [7, 11) is 0. The van der Waals surface area contributed by atoms with Crippen molar-refractivity contribution in [2.24, 2.45) is 5.41 Å². The second kappa shape index (κ2) is 5.27. The second-order valence-corrected chi connectivity index (χ2v) is 6.67. The van der Waals surface area contributed by atoms with Gasteiger partial charge in [-0.15, -0.1) is 0 Å². The molecule has 1 saturated carbocycles. The Hall–Kier alpha value is -0.0800. The SMILES string of the molecule is C1CCCC2(CC1)CN(C1CCCCNC1)C2. The van der Waals surface area contributed by atoms with Crippen molar-refractivity contribution >= 4 is 0 Å². The predicted octanol–water partition coefficient (Wildman–Crippen LogP) is 2.78. The van der Waals surface area contributed by atoms with E-state index >= 15 is 0 Å². The van der Waals surface area contributed by atoms with Gasteiger partial charge >= 0.3 is 0 Å². The van der Waals surface area contributed by atoms with Crippen LogP contribution in [0.1, 0.15) is 57.8 Å². The molecular formula is C15H28N2. The van der Waals surface area contributed by atoms with Crippen LogP contribution in [-0.4, -0.2) is 37.1 Å². The fraction of sp³-hybridized carbons (Fsp3) is 1.00. The number of nitrogens with zero attached hydrogens (tertiary/aromatic N) is 1. The van der Waals surface area contributed by atoms with Gasteiger partial charge < -0.3 is 5.32 Å². The van der Waals surface area contributed by atoms with Crippen molar-refractivity contribution in [2.45, 2.75) is 63.8 Å². The Bertz CT molecular complexity index is 227. The molecule has 0 bridgehead atoms. The van der Waals surface area contributed by atoms with Gasteiger partial charge in [0.2, 0.25) is 0 Å². The topological polar surface area (TPSA) is 15.3 Å². The molecule has 3 fully saturated rings. The molecule has 2 aliphatic heterocycles. The Kier molecular flexibility index (Phi) is 3.72. The Morgan fingerprint density at radius 1 is 0.882 bits per heavy atom. The van der Waals surface area contributed by atoms with Crippen molar-refractivity contribution in [2.75, 3.05) is 26.2 Å². The molecule has 2 nitrogen and oxygen atoms in total. The Morgan fingerprint density at radius 2 is 1.65 bits per heavy atom. The van der Waals surface area contributed by atoms with Gasteiger partial charge in [-0.1, -0.05) is 32.1 Å². The minimum atomic E-state index is 0.753. The molecule has 17 heavy (non-hydrogen) atoms. The standard InChI is InChI=1S/C15H28N2/c1-2-5-9-15(8-4-1)12-17(13-15)14-7-3-6-10-16-11-14/h14,16H,1-13H2. The molecule has 1 aliphatic carbocycles. The highest BCUT2D eigenvalue weighted by atomic mass is 15.2. The normalized spacial score (nSPS) is 34.9. The average Bonchev–Trinajstić information content (AvgIpc) is 2.69. The van der Waals surface area contributed by atoms with Crippen LogP contribution in [0.25, 0.3) is 0 Å². The molecule has 3 rings (SSSR count). The molecule has 2 saturated heterocycles. The van der Waals surface area contributed by atoms with Crippen molar-refractivity contribution in [1.82, 2.24) is 10.2 Å². The first-order valence-electron chi connectivity index (χ1n) is 7.83. The Morgan fingerprint density at radius 3 is 2.41 bits per heavy atom. The summed E-state index contributed by atoms with van der Waals surface area (Å²) >= 11 is 0. The number of hydrogen-bond donors (Lipinski definition) is 1. The maximum absolute atomic E-state index is 3.61. The summed E-state index contributed by atoms with van der Waals surface area (Å²) in [6, 6.07) is 0.853.